The fourth-order valence-electron chi connectivity index (χ4n) is 3.79. The minimum Gasteiger partial charge on any atom is -0.465 e. The summed E-state index contributed by atoms with van der Waals surface area (Å²) in [6.07, 6.45) is 2.73. The third-order valence-electron chi connectivity index (χ3n) is 5.33. The molecule has 170 valence electrons. The first-order valence-corrected chi connectivity index (χ1v) is 12.0. The highest BCUT2D eigenvalue weighted by atomic mass is 32.2. The number of anilines is 1. The lowest BCUT2D eigenvalue weighted by atomic mass is 9.88. The first-order valence-electron chi connectivity index (χ1n) is 10.2. The lowest BCUT2D eigenvalue weighted by molar-refractivity contribution is -0.113. The van der Waals surface area contributed by atoms with Crippen LogP contribution in [0.5, 0.6) is 0 Å². The number of nitrogens with one attached hydrogen (secondary N) is 1. The molecule has 12 heteroatoms. The van der Waals surface area contributed by atoms with E-state index in [0.29, 0.717) is 27.6 Å². The van der Waals surface area contributed by atoms with Crippen LogP contribution in [-0.4, -0.2) is 49.4 Å². The van der Waals surface area contributed by atoms with Gasteiger partial charge in [-0.15, -0.1) is 21.5 Å². The fraction of sp³-hybridized carbons (Fsp3) is 0.450. The van der Waals surface area contributed by atoms with Crippen molar-refractivity contribution in [2.45, 2.75) is 45.2 Å². The Kier molecular flexibility index (Phi) is 6.24. The van der Waals surface area contributed by atoms with Crippen molar-refractivity contribution in [1.82, 2.24) is 24.7 Å². The number of aromatic nitrogens is 5. The standard InChI is InChI=1S/C20H25N7O3S2/c1-10-5-6-13-14(7-10)32-17(16(13)18(29)30-4)22-15(28)9-31-20-24-23-19(26(20)21)27-12(3)8-11(2)25-27/h8,10H,5-7,9,21H2,1-4H3,(H,22,28). The van der Waals surface area contributed by atoms with Crippen LogP contribution in [0.2, 0.25) is 0 Å². The lowest BCUT2D eigenvalue weighted by Gasteiger charge is -2.18. The van der Waals surface area contributed by atoms with Gasteiger partial charge in [-0.1, -0.05) is 18.7 Å². The van der Waals surface area contributed by atoms with Crippen LogP contribution in [0.15, 0.2) is 11.2 Å². The summed E-state index contributed by atoms with van der Waals surface area (Å²) >= 11 is 2.61. The number of nitrogens with two attached hydrogens (primary N) is 1. The highest BCUT2D eigenvalue weighted by molar-refractivity contribution is 7.99. The minimum atomic E-state index is -0.420. The molecular weight excluding hydrogens is 450 g/mol. The number of amides is 1. The summed E-state index contributed by atoms with van der Waals surface area (Å²) in [6, 6.07) is 1.91. The number of esters is 1. The van der Waals surface area contributed by atoms with E-state index in [-0.39, 0.29) is 11.7 Å². The predicted molar refractivity (Wildman–Crippen MR) is 123 cm³/mol. The van der Waals surface area contributed by atoms with Gasteiger partial charge in [-0.05, 0) is 50.7 Å². The monoisotopic (exact) mass is 475 g/mol. The maximum atomic E-state index is 12.7. The fourth-order valence-corrected chi connectivity index (χ4v) is 5.86. The molecule has 0 aliphatic heterocycles. The Morgan fingerprint density at radius 2 is 2.16 bits per heavy atom. The second-order valence-electron chi connectivity index (χ2n) is 7.88. The van der Waals surface area contributed by atoms with Crippen molar-refractivity contribution in [2.75, 3.05) is 24.0 Å². The number of nitrogen functional groups attached to an aromatic ring is 1. The van der Waals surface area contributed by atoms with Gasteiger partial charge in [0.25, 0.3) is 5.95 Å². The number of rotatable bonds is 6. The van der Waals surface area contributed by atoms with Crippen molar-refractivity contribution in [1.29, 1.82) is 0 Å². The number of nitrogens with zero attached hydrogens (tertiary/aromatic N) is 5. The summed E-state index contributed by atoms with van der Waals surface area (Å²) in [7, 11) is 1.35. The predicted octanol–water partition coefficient (Wildman–Crippen LogP) is 2.50. The zero-order valence-corrected chi connectivity index (χ0v) is 20.0. The molecule has 1 atom stereocenters. The molecule has 0 saturated carbocycles. The highest BCUT2D eigenvalue weighted by Crippen LogP contribution is 2.40. The van der Waals surface area contributed by atoms with E-state index in [2.05, 4.69) is 27.5 Å². The van der Waals surface area contributed by atoms with Crippen LogP contribution in [0, 0.1) is 19.8 Å². The van der Waals surface area contributed by atoms with Gasteiger partial charge in [0.2, 0.25) is 11.1 Å². The van der Waals surface area contributed by atoms with Gasteiger partial charge in [-0.2, -0.15) is 5.10 Å². The molecule has 0 fully saturated rings. The minimum absolute atomic E-state index is 0.0615. The van der Waals surface area contributed by atoms with Gasteiger partial charge in [-0.25, -0.2) is 14.2 Å². The van der Waals surface area contributed by atoms with Crippen LogP contribution in [0.4, 0.5) is 5.00 Å². The van der Waals surface area contributed by atoms with Gasteiger partial charge >= 0.3 is 5.97 Å². The third kappa shape index (κ3) is 4.24. The van der Waals surface area contributed by atoms with E-state index >= 15 is 0 Å². The first-order chi connectivity index (χ1) is 15.3. The van der Waals surface area contributed by atoms with Gasteiger partial charge in [0.15, 0.2) is 0 Å². The van der Waals surface area contributed by atoms with Crippen molar-refractivity contribution in [3.8, 4) is 5.95 Å². The van der Waals surface area contributed by atoms with Crippen LogP contribution in [0.25, 0.3) is 5.95 Å². The van der Waals surface area contributed by atoms with Crippen molar-refractivity contribution in [3.05, 3.63) is 33.5 Å². The van der Waals surface area contributed by atoms with Crippen LogP contribution < -0.4 is 11.2 Å². The molecule has 0 saturated heterocycles. The molecule has 3 aromatic heterocycles. The van der Waals surface area contributed by atoms with E-state index in [9.17, 15) is 9.59 Å². The third-order valence-corrected chi connectivity index (χ3v) is 7.44. The summed E-state index contributed by atoms with van der Waals surface area (Å²) in [4.78, 5) is 26.2. The maximum Gasteiger partial charge on any atom is 0.341 e. The molecule has 4 rings (SSSR count). The Balaban J connectivity index is 1.47. The molecular formula is C20H25N7O3S2. The molecule has 3 N–H and O–H groups in total. The molecule has 0 spiro atoms. The number of hydrogen-bond donors (Lipinski definition) is 2. The molecule has 0 bridgehead atoms. The van der Waals surface area contributed by atoms with Crippen molar-refractivity contribution < 1.29 is 14.3 Å². The van der Waals surface area contributed by atoms with E-state index in [4.69, 9.17) is 10.6 Å². The number of methoxy groups -OCH3 is 1. The SMILES string of the molecule is COC(=O)c1c(NC(=O)CSc2nnc(-n3nc(C)cc3C)n2N)sc2c1CCC(C)C2. The molecule has 32 heavy (non-hydrogen) atoms. The van der Waals surface area contributed by atoms with E-state index < -0.39 is 5.97 Å². The van der Waals surface area contributed by atoms with Gasteiger partial charge < -0.3 is 15.9 Å². The number of carbonyl (C=O) groups is 2. The maximum absolute atomic E-state index is 12.7. The molecule has 1 amide bonds. The van der Waals surface area contributed by atoms with Crippen molar-refractivity contribution in [3.63, 3.8) is 0 Å². The van der Waals surface area contributed by atoms with Crippen molar-refractivity contribution >= 4 is 40.0 Å². The smallest absolute Gasteiger partial charge is 0.341 e. The largest absolute Gasteiger partial charge is 0.465 e. The zero-order valence-electron chi connectivity index (χ0n) is 18.3. The highest BCUT2D eigenvalue weighted by Gasteiger charge is 2.29. The zero-order chi connectivity index (χ0) is 23.0. The Bertz CT molecular complexity index is 1180. The van der Waals surface area contributed by atoms with E-state index in [1.165, 1.54) is 23.1 Å². The summed E-state index contributed by atoms with van der Waals surface area (Å²) < 4.78 is 7.89. The number of ether oxygens (including phenoxy) is 1. The molecule has 0 aromatic carbocycles. The summed E-state index contributed by atoms with van der Waals surface area (Å²) in [5.41, 5.74) is 3.20. The number of fused-ring (bicyclic) bond motifs is 1. The first kappa shape index (κ1) is 22.3. The average Bonchev–Trinajstić information content (AvgIpc) is 3.39. The molecule has 3 aromatic rings. The topological polar surface area (TPSA) is 130 Å². The summed E-state index contributed by atoms with van der Waals surface area (Å²) in [5, 5.41) is 16.3. The number of thioether (sulfide) groups is 1. The second-order valence-corrected chi connectivity index (χ2v) is 9.92. The molecule has 10 nitrogen and oxygen atoms in total. The quantitative estimate of drug-likeness (QED) is 0.316. The van der Waals surface area contributed by atoms with Gasteiger partial charge in [0.1, 0.15) is 5.00 Å². The Morgan fingerprint density at radius 3 is 2.84 bits per heavy atom. The summed E-state index contributed by atoms with van der Waals surface area (Å²) in [6.45, 7) is 5.97. The van der Waals surface area contributed by atoms with Gasteiger partial charge in [0, 0.05) is 10.6 Å². The molecule has 1 unspecified atom stereocenters. The molecule has 1 aliphatic rings. The van der Waals surface area contributed by atoms with E-state index in [1.807, 2.05) is 19.9 Å². The number of hydrogen-bond acceptors (Lipinski definition) is 9. The lowest BCUT2D eigenvalue weighted by Crippen LogP contribution is -2.19. The number of carbonyl (C=O) groups excluding carboxylic acids is 2. The van der Waals surface area contributed by atoms with Gasteiger partial charge in [-0.3, -0.25) is 4.79 Å². The van der Waals surface area contributed by atoms with Crippen LogP contribution in [0.1, 0.15) is 45.5 Å². The second kappa shape index (κ2) is 8.94. The van der Waals surface area contributed by atoms with Crippen LogP contribution >= 0.6 is 23.1 Å². The van der Waals surface area contributed by atoms with Gasteiger partial charge in [0.05, 0.1) is 24.1 Å². The normalized spacial score (nSPS) is 15.4. The van der Waals surface area contributed by atoms with E-state index in [1.54, 1.807) is 4.68 Å². The van der Waals surface area contributed by atoms with E-state index in [0.717, 1.165) is 52.9 Å². The molecule has 3 heterocycles. The number of thiophene rings is 1. The molecule has 0 radical (unpaired) electrons. The Labute approximate surface area is 193 Å². The van der Waals surface area contributed by atoms with Crippen molar-refractivity contribution in [2.24, 2.45) is 5.92 Å². The average molecular weight is 476 g/mol. The summed E-state index contributed by atoms with van der Waals surface area (Å²) in [5.74, 6) is 6.43. The number of aryl methyl sites for hydroxylation is 2. The Morgan fingerprint density at radius 1 is 1.38 bits per heavy atom. The van der Waals surface area contributed by atoms with Crippen LogP contribution in [-0.2, 0) is 22.4 Å². The van der Waals surface area contributed by atoms with Crippen LogP contribution in [0.3, 0.4) is 0 Å². The molecule has 1 aliphatic carbocycles. The Hall–Kier alpha value is -2.86.